The van der Waals surface area contributed by atoms with Gasteiger partial charge in [-0.05, 0) is 55.0 Å². The number of anilines is 2. The summed E-state index contributed by atoms with van der Waals surface area (Å²) in [6.07, 6.45) is 0.294. The van der Waals surface area contributed by atoms with Gasteiger partial charge in [-0.2, -0.15) is 0 Å². The summed E-state index contributed by atoms with van der Waals surface area (Å²) in [4.78, 5) is 43.3. The van der Waals surface area contributed by atoms with E-state index in [4.69, 9.17) is 21.4 Å². The number of hydrogen-bond acceptors (Lipinski definition) is 6. The minimum Gasteiger partial charge on any atom is -0.477 e. The molecule has 0 bridgehead atoms. The molecule has 9 nitrogen and oxygen atoms in total. The van der Waals surface area contributed by atoms with Crippen LogP contribution in [0.3, 0.4) is 0 Å². The van der Waals surface area contributed by atoms with E-state index in [0.717, 1.165) is 10.1 Å². The number of H-pyrrole nitrogens is 1. The molecule has 4 aromatic rings. The number of pyridine rings is 1. The third-order valence-electron chi connectivity index (χ3n) is 5.18. The van der Waals surface area contributed by atoms with Crippen molar-refractivity contribution in [2.75, 3.05) is 5.32 Å². The number of rotatable bonds is 8. The highest BCUT2D eigenvalue weighted by Crippen LogP contribution is 2.24. The number of aromatic amines is 1. The first-order valence-corrected chi connectivity index (χ1v) is 11.1. The van der Waals surface area contributed by atoms with Crippen molar-refractivity contribution in [3.63, 3.8) is 0 Å². The molecule has 0 spiro atoms. The van der Waals surface area contributed by atoms with Gasteiger partial charge in [0.1, 0.15) is 11.6 Å². The summed E-state index contributed by atoms with van der Waals surface area (Å²) in [5.41, 5.74) is 0.862. The smallest absolute Gasteiger partial charge is 0.354 e. The zero-order chi connectivity index (χ0) is 24.9. The van der Waals surface area contributed by atoms with Gasteiger partial charge < -0.3 is 15.2 Å². The van der Waals surface area contributed by atoms with E-state index in [1.807, 2.05) is 12.1 Å². The van der Waals surface area contributed by atoms with Crippen LogP contribution in [-0.4, -0.2) is 25.6 Å². The fourth-order valence-electron chi connectivity index (χ4n) is 3.44. The Hall–Kier alpha value is -4.37. The molecule has 0 aliphatic rings. The predicted octanol–water partition coefficient (Wildman–Crippen LogP) is 4.43. The molecule has 0 saturated heterocycles. The number of ether oxygens (including phenoxy) is 1. The van der Waals surface area contributed by atoms with Gasteiger partial charge in [0.15, 0.2) is 5.69 Å². The Morgan fingerprint density at radius 2 is 1.80 bits per heavy atom. The third kappa shape index (κ3) is 5.59. The van der Waals surface area contributed by atoms with Crippen LogP contribution in [0, 0.1) is 0 Å². The Balaban J connectivity index is 1.60. The van der Waals surface area contributed by atoms with Crippen molar-refractivity contribution >= 4 is 29.1 Å². The van der Waals surface area contributed by atoms with Crippen LogP contribution in [0.1, 0.15) is 28.5 Å². The number of nitrogens with zero attached hydrogens (tertiary/aromatic N) is 2. The highest BCUT2D eigenvalue weighted by Gasteiger charge is 2.15. The second-order valence-corrected chi connectivity index (χ2v) is 7.99. The quantitative estimate of drug-likeness (QED) is 0.332. The Bertz CT molecular complexity index is 1480. The molecule has 2 aromatic heterocycles. The number of carboxylic acids is 1. The van der Waals surface area contributed by atoms with Crippen LogP contribution in [0.4, 0.5) is 11.5 Å². The van der Waals surface area contributed by atoms with Gasteiger partial charge in [0.25, 0.3) is 5.56 Å². The Morgan fingerprint density at radius 3 is 2.46 bits per heavy atom. The number of carbonyl (C=O) groups is 1. The molecule has 0 aliphatic carbocycles. The van der Waals surface area contributed by atoms with Crippen molar-refractivity contribution in [1.82, 2.24) is 14.5 Å². The van der Waals surface area contributed by atoms with Crippen LogP contribution in [-0.2, 0) is 13.0 Å². The highest BCUT2D eigenvalue weighted by molar-refractivity contribution is 6.30. The molecule has 0 saturated carbocycles. The van der Waals surface area contributed by atoms with Crippen molar-refractivity contribution in [1.29, 1.82) is 0 Å². The van der Waals surface area contributed by atoms with Crippen LogP contribution in [0.2, 0.25) is 5.02 Å². The topological polar surface area (TPSA) is 126 Å². The van der Waals surface area contributed by atoms with Gasteiger partial charge in [-0.3, -0.25) is 14.3 Å². The number of benzene rings is 2. The maximum absolute atomic E-state index is 13.0. The van der Waals surface area contributed by atoms with E-state index in [9.17, 15) is 14.4 Å². The number of carboxylic acid groups (broad SMARTS) is 1. The van der Waals surface area contributed by atoms with Crippen molar-refractivity contribution in [3.8, 4) is 11.6 Å². The first kappa shape index (κ1) is 23.8. The van der Waals surface area contributed by atoms with Crippen molar-refractivity contribution in [3.05, 3.63) is 109 Å². The Kier molecular flexibility index (Phi) is 6.98. The maximum atomic E-state index is 13.0. The number of aromatic nitrogens is 3. The van der Waals surface area contributed by atoms with Gasteiger partial charge in [-0.15, -0.1) is 0 Å². The predicted molar refractivity (Wildman–Crippen MR) is 132 cm³/mol. The standard InChI is InChI=1S/C25H21ClN4O5/c1-2-30-23(31)19(14-15-6-8-16(26)9-7-15)22(29-25(30)34)27-17-10-12-18(13-11-17)35-21-5-3-4-20(28-21)24(32)33/h3-13,27H,2,14H2,1H3,(H,29,34)(H,32,33). The van der Waals surface area contributed by atoms with E-state index in [-0.39, 0.29) is 23.7 Å². The van der Waals surface area contributed by atoms with E-state index in [1.165, 1.54) is 6.07 Å². The number of halogens is 1. The van der Waals surface area contributed by atoms with Gasteiger partial charge in [-0.25, -0.2) is 14.6 Å². The molecule has 178 valence electrons. The molecule has 2 heterocycles. The lowest BCUT2D eigenvalue weighted by Gasteiger charge is -2.14. The first-order chi connectivity index (χ1) is 16.8. The SMILES string of the molecule is CCn1c(=O)[nH]c(Nc2ccc(Oc3cccc(C(=O)O)n3)cc2)c(Cc2ccc(Cl)cc2)c1=O. The van der Waals surface area contributed by atoms with Crippen molar-refractivity contribution in [2.45, 2.75) is 19.9 Å². The van der Waals surface area contributed by atoms with Crippen LogP contribution < -0.4 is 21.3 Å². The van der Waals surface area contributed by atoms with Crippen LogP contribution in [0.15, 0.2) is 76.3 Å². The second kappa shape index (κ2) is 10.3. The van der Waals surface area contributed by atoms with E-state index >= 15 is 0 Å². The summed E-state index contributed by atoms with van der Waals surface area (Å²) in [6.45, 7) is 1.97. The number of hydrogen-bond donors (Lipinski definition) is 3. The van der Waals surface area contributed by atoms with Crippen LogP contribution in [0.25, 0.3) is 0 Å². The second-order valence-electron chi connectivity index (χ2n) is 7.55. The Labute approximate surface area is 204 Å². The minimum atomic E-state index is -1.15. The lowest BCUT2D eigenvalue weighted by molar-refractivity contribution is 0.0689. The molecule has 4 rings (SSSR count). The number of aromatic carboxylic acids is 1. The summed E-state index contributed by atoms with van der Waals surface area (Å²) >= 11 is 5.97. The zero-order valence-electron chi connectivity index (χ0n) is 18.6. The lowest BCUT2D eigenvalue weighted by Crippen LogP contribution is -2.37. The van der Waals surface area contributed by atoms with Gasteiger partial charge in [0.05, 0.1) is 5.56 Å². The molecule has 3 N–H and O–H groups in total. The molecule has 0 radical (unpaired) electrons. The van der Waals surface area contributed by atoms with Gasteiger partial charge in [0.2, 0.25) is 5.88 Å². The molecule has 0 amide bonds. The van der Waals surface area contributed by atoms with E-state index in [0.29, 0.717) is 34.3 Å². The molecule has 2 aromatic carbocycles. The van der Waals surface area contributed by atoms with E-state index < -0.39 is 11.7 Å². The normalized spacial score (nSPS) is 10.7. The van der Waals surface area contributed by atoms with Crippen molar-refractivity contribution < 1.29 is 14.6 Å². The highest BCUT2D eigenvalue weighted by atomic mass is 35.5. The van der Waals surface area contributed by atoms with Gasteiger partial charge in [-0.1, -0.05) is 29.8 Å². The largest absolute Gasteiger partial charge is 0.477 e. The average molecular weight is 493 g/mol. The summed E-state index contributed by atoms with van der Waals surface area (Å²) in [5.74, 6) is -0.280. The Morgan fingerprint density at radius 1 is 1.09 bits per heavy atom. The fourth-order valence-corrected chi connectivity index (χ4v) is 3.56. The summed E-state index contributed by atoms with van der Waals surface area (Å²) in [6, 6.07) is 18.3. The van der Waals surface area contributed by atoms with Crippen LogP contribution in [0.5, 0.6) is 11.6 Å². The van der Waals surface area contributed by atoms with Gasteiger partial charge >= 0.3 is 11.7 Å². The summed E-state index contributed by atoms with van der Waals surface area (Å²) in [5, 5.41) is 12.8. The number of nitrogens with one attached hydrogen (secondary N) is 2. The maximum Gasteiger partial charge on any atom is 0.354 e. The molecule has 0 fully saturated rings. The molecule has 35 heavy (non-hydrogen) atoms. The average Bonchev–Trinajstić information content (AvgIpc) is 2.84. The van der Waals surface area contributed by atoms with Gasteiger partial charge in [0, 0.05) is 29.7 Å². The minimum absolute atomic E-state index is 0.125. The molecule has 10 heteroatoms. The molecular weight excluding hydrogens is 472 g/mol. The van der Waals surface area contributed by atoms with Crippen molar-refractivity contribution in [2.24, 2.45) is 0 Å². The molecule has 0 unspecified atom stereocenters. The summed E-state index contributed by atoms with van der Waals surface area (Å²) < 4.78 is 6.78. The third-order valence-corrected chi connectivity index (χ3v) is 5.43. The van der Waals surface area contributed by atoms with E-state index in [1.54, 1.807) is 55.5 Å². The van der Waals surface area contributed by atoms with Crippen LogP contribution >= 0.6 is 11.6 Å². The first-order valence-electron chi connectivity index (χ1n) is 10.7. The monoisotopic (exact) mass is 492 g/mol. The molecule has 0 atom stereocenters. The molecular formula is C25H21ClN4O5. The fraction of sp³-hybridized carbons (Fsp3) is 0.120. The lowest BCUT2D eigenvalue weighted by atomic mass is 10.1. The molecule has 0 aliphatic heterocycles. The van der Waals surface area contributed by atoms with E-state index in [2.05, 4.69) is 15.3 Å². The zero-order valence-corrected chi connectivity index (χ0v) is 19.4. The summed E-state index contributed by atoms with van der Waals surface area (Å²) in [7, 11) is 0.